The summed E-state index contributed by atoms with van der Waals surface area (Å²) in [6.07, 6.45) is 1.76. The summed E-state index contributed by atoms with van der Waals surface area (Å²) < 4.78 is 7.27. The van der Waals surface area contributed by atoms with Crippen molar-refractivity contribution in [1.82, 2.24) is 25.0 Å². The number of benzene rings is 1. The summed E-state index contributed by atoms with van der Waals surface area (Å²) >= 11 is 0. The lowest BCUT2D eigenvalue weighted by Gasteiger charge is -2.37. The minimum absolute atomic E-state index is 0.537. The first-order valence-electron chi connectivity index (χ1n) is 9.54. The minimum atomic E-state index is 0.537. The first kappa shape index (κ1) is 19.0. The summed E-state index contributed by atoms with van der Waals surface area (Å²) in [5, 5.41) is 11.6. The lowest BCUT2D eigenvalue weighted by Crippen LogP contribution is -2.52. The van der Waals surface area contributed by atoms with Crippen LogP contribution in [0.25, 0.3) is 0 Å². The van der Waals surface area contributed by atoms with Crippen molar-refractivity contribution in [3.8, 4) is 5.75 Å². The number of rotatable bonds is 6. The number of aliphatic imine (C=N–C) groups is 1. The van der Waals surface area contributed by atoms with Crippen molar-refractivity contribution in [2.24, 2.45) is 4.99 Å². The van der Waals surface area contributed by atoms with Crippen molar-refractivity contribution < 1.29 is 4.74 Å². The van der Waals surface area contributed by atoms with Crippen LogP contribution in [0.5, 0.6) is 5.75 Å². The molecule has 1 N–H and O–H groups in total. The van der Waals surface area contributed by atoms with Gasteiger partial charge in [-0.3, -0.25) is 0 Å². The Morgan fingerprint density at radius 1 is 1.15 bits per heavy atom. The predicted molar refractivity (Wildman–Crippen MR) is 107 cm³/mol. The molecule has 1 aliphatic heterocycles. The summed E-state index contributed by atoms with van der Waals surface area (Å²) in [6, 6.07) is 8.25. The molecule has 8 nitrogen and oxygen atoms in total. The molecule has 0 spiro atoms. The Morgan fingerprint density at radius 2 is 1.89 bits per heavy atom. The number of nitrogens with zero attached hydrogens (tertiary/aromatic N) is 6. The molecule has 0 amide bonds. The molecule has 0 radical (unpaired) electrons. The number of nitrogens with one attached hydrogen (secondary N) is 1. The molecule has 0 atom stereocenters. The average molecular weight is 371 g/mol. The molecular formula is C19H29N7O. The molecule has 0 aliphatic carbocycles. The van der Waals surface area contributed by atoms with Gasteiger partial charge in [0.05, 0.1) is 7.11 Å². The van der Waals surface area contributed by atoms with Crippen LogP contribution in [0, 0.1) is 0 Å². The van der Waals surface area contributed by atoms with E-state index in [4.69, 9.17) is 9.73 Å². The minimum Gasteiger partial charge on any atom is -0.497 e. The zero-order chi connectivity index (χ0) is 19.1. The Morgan fingerprint density at radius 3 is 2.52 bits per heavy atom. The van der Waals surface area contributed by atoms with E-state index in [0.29, 0.717) is 6.54 Å². The van der Waals surface area contributed by atoms with Crippen molar-refractivity contribution in [3.05, 3.63) is 36.4 Å². The maximum absolute atomic E-state index is 5.24. The average Bonchev–Trinajstić information content (AvgIpc) is 3.19. The second-order valence-corrected chi connectivity index (χ2v) is 6.38. The van der Waals surface area contributed by atoms with Gasteiger partial charge in [0.15, 0.2) is 11.8 Å². The van der Waals surface area contributed by atoms with Crippen LogP contribution in [0.2, 0.25) is 0 Å². The zero-order valence-electron chi connectivity index (χ0n) is 16.4. The van der Waals surface area contributed by atoms with Gasteiger partial charge in [0.2, 0.25) is 0 Å². The summed E-state index contributed by atoms with van der Waals surface area (Å²) in [6.45, 7) is 10.2. The van der Waals surface area contributed by atoms with Gasteiger partial charge in [-0.1, -0.05) is 0 Å². The van der Waals surface area contributed by atoms with Gasteiger partial charge in [0, 0.05) is 45.0 Å². The van der Waals surface area contributed by atoms with E-state index in [1.54, 1.807) is 13.4 Å². The molecule has 2 heterocycles. The maximum Gasteiger partial charge on any atom is 0.194 e. The number of piperazine rings is 1. The second kappa shape index (κ2) is 9.25. The first-order valence-corrected chi connectivity index (χ1v) is 9.54. The summed E-state index contributed by atoms with van der Waals surface area (Å²) in [4.78, 5) is 9.49. The van der Waals surface area contributed by atoms with Crippen LogP contribution in [0.15, 0.2) is 35.6 Å². The second-order valence-electron chi connectivity index (χ2n) is 6.38. The van der Waals surface area contributed by atoms with Crippen LogP contribution in [0.1, 0.15) is 19.7 Å². The van der Waals surface area contributed by atoms with Crippen LogP contribution >= 0.6 is 0 Å². The van der Waals surface area contributed by atoms with Gasteiger partial charge in [-0.15, -0.1) is 10.2 Å². The topological polar surface area (TPSA) is 70.8 Å². The first-order chi connectivity index (χ1) is 13.2. The van der Waals surface area contributed by atoms with Gasteiger partial charge in [0.1, 0.15) is 18.6 Å². The standard InChI is InChI=1S/C19H29N7O/c1-4-20-19(21-14-18-23-22-15-24(18)5-2)26-12-10-25(11-13-26)16-6-8-17(27-3)9-7-16/h6-9,15H,4-5,10-14H2,1-3H3,(H,20,21). The lowest BCUT2D eigenvalue weighted by molar-refractivity contribution is 0.372. The van der Waals surface area contributed by atoms with E-state index < -0.39 is 0 Å². The van der Waals surface area contributed by atoms with Crippen molar-refractivity contribution in [2.45, 2.75) is 26.9 Å². The van der Waals surface area contributed by atoms with Crippen molar-refractivity contribution >= 4 is 11.6 Å². The van der Waals surface area contributed by atoms with E-state index in [0.717, 1.165) is 56.8 Å². The summed E-state index contributed by atoms with van der Waals surface area (Å²) in [7, 11) is 1.69. The fraction of sp³-hybridized carbons (Fsp3) is 0.526. The number of ether oxygens (including phenoxy) is 1. The smallest absolute Gasteiger partial charge is 0.194 e. The molecule has 1 aromatic carbocycles. The van der Waals surface area contributed by atoms with Gasteiger partial charge in [-0.05, 0) is 38.1 Å². The molecule has 146 valence electrons. The van der Waals surface area contributed by atoms with Crippen molar-refractivity contribution in [3.63, 3.8) is 0 Å². The number of guanidine groups is 1. The molecular weight excluding hydrogens is 342 g/mol. The number of methoxy groups -OCH3 is 1. The SMILES string of the molecule is CCNC(=NCc1nncn1CC)N1CCN(c2ccc(OC)cc2)CC1. The Kier molecular flexibility index (Phi) is 6.51. The third kappa shape index (κ3) is 4.69. The molecule has 3 rings (SSSR count). The largest absolute Gasteiger partial charge is 0.497 e. The molecule has 0 saturated carbocycles. The highest BCUT2D eigenvalue weighted by molar-refractivity contribution is 5.80. The van der Waals surface area contributed by atoms with Gasteiger partial charge < -0.3 is 24.4 Å². The monoisotopic (exact) mass is 371 g/mol. The molecule has 1 aromatic heterocycles. The van der Waals surface area contributed by atoms with Crippen molar-refractivity contribution in [2.75, 3.05) is 44.7 Å². The highest BCUT2D eigenvalue weighted by atomic mass is 16.5. The highest BCUT2D eigenvalue weighted by Gasteiger charge is 2.20. The number of hydrogen-bond donors (Lipinski definition) is 1. The fourth-order valence-corrected chi connectivity index (χ4v) is 3.21. The molecule has 1 saturated heterocycles. The number of hydrogen-bond acceptors (Lipinski definition) is 5. The molecule has 27 heavy (non-hydrogen) atoms. The molecule has 1 fully saturated rings. The lowest BCUT2D eigenvalue weighted by atomic mass is 10.2. The van der Waals surface area contributed by atoms with E-state index in [1.807, 2.05) is 16.7 Å². The number of aromatic nitrogens is 3. The molecule has 2 aromatic rings. The van der Waals surface area contributed by atoms with Crippen LogP contribution in [0.3, 0.4) is 0 Å². The zero-order valence-corrected chi connectivity index (χ0v) is 16.4. The fourth-order valence-electron chi connectivity index (χ4n) is 3.21. The van der Waals surface area contributed by atoms with E-state index in [2.05, 4.69) is 51.3 Å². The molecule has 0 bridgehead atoms. The molecule has 8 heteroatoms. The molecule has 1 aliphatic rings. The highest BCUT2D eigenvalue weighted by Crippen LogP contribution is 2.20. The van der Waals surface area contributed by atoms with Gasteiger partial charge in [-0.25, -0.2) is 4.99 Å². The third-order valence-corrected chi connectivity index (χ3v) is 4.76. The van der Waals surface area contributed by atoms with Crippen LogP contribution in [-0.2, 0) is 13.1 Å². The summed E-state index contributed by atoms with van der Waals surface area (Å²) in [5.74, 6) is 2.72. The Bertz CT molecular complexity index is 733. The van der Waals surface area contributed by atoms with Crippen molar-refractivity contribution in [1.29, 1.82) is 0 Å². The van der Waals surface area contributed by atoms with Gasteiger partial charge in [-0.2, -0.15) is 0 Å². The Labute approximate surface area is 160 Å². The van der Waals surface area contributed by atoms with Crippen LogP contribution in [0.4, 0.5) is 5.69 Å². The number of anilines is 1. The normalized spacial score (nSPS) is 15.1. The van der Waals surface area contributed by atoms with Gasteiger partial charge >= 0.3 is 0 Å². The van der Waals surface area contributed by atoms with E-state index >= 15 is 0 Å². The van der Waals surface area contributed by atoms with Gasteiger partial charge in [0.25, 0.3) is 0 Å². The number of aryl methyl sites for hydroxylation is 1. The Hall–Kier alpha value is -2.77. The van der Waals surface area contributed by atoms with E-state index in [-0.39, 0.29) is 0 Å². The van der Waals surface area contributed by atoms with Crippen LogP contribution in [-0.4, -0.2) is 65.5 Å². The maximum atomic E-state index is 5.24. The molecule has 0 unspecified atom stereocenters. The van der Waals surface area contributed by atoms with E-state index in [9.17, 15) is 0 Å². The Balaban J connectivity index is 1.61. The summed E-state index contributed by atoms with van der Waals surface area (Å²) in [5.41, 5.74) is 1.23. The van der Waals surface area contributed by atoms with E-state index in [1.165, 1.54) is 5.69 Å². The quantitative estimate of drug-likeness (QED) is 0.614. The van der Waals surface area contributed by atoms with Crippen LogP contribution < -0.4 is 15.0 Å². The third-order valence-electron chi connectivity index (χ3n) is 4.76. The predicted octanol–water partition coefficient (Wildman–Crippen LogP) is 1.59.